The predicted molar refractivity (Wildman–Crippen MR) is 144 cm³/mol. The lowest BCUT2D eigenvalue weighted by Crippen LogP contribution is -1.98. The van der Waals surface area contributed by atoms with Crippen LogP contribution in [0.5, 0.6) is 0 Å². The van der Waals surface area contributed by atoms with Crippen molar-refractivity contribution in [1.29, 1.82) is 0 Å². The van der Waals surface area contributed by atoms with Crippen LogP contribution >= 0.6 is 0 Å². The van der Waals surface area contributed by atoms with E-state index in [4.69, 9.17) is 5.73 Å². The van der Waals surface area contributed by atoms with E-state index in [-0.39, 0.29) is 5.92 Å². The molecule has 1 aromatic heterocycles. The van der Waals surface area contributed by atoms with Crippen molar-refractivity contribution in [2.75, 3.05) is 0 Å². The van der Waals surface area contributed by atoms with Gasteiger partial charge in [-0.25, -0.2) is 0 Å². The normalized spacial score (nSPS) is 14.7. The number of benzene rings is 2. The van der Waals surface area contributed by atoms with Gasteiger partial charge in [-0.15, -0.1) is 0 Å². The fourth-order valence-electron chi connectivity index (χ4n) is 4.04. The molecule has 34 heavy (non-hydrogen) atoms. The standard InChI is InChI=1S/C32H30N2/c1-24(18-19-27-14-6-7-15-30(27)32-17-8-9-22-34-32)11-10-16-31(33)29-21-20-28(23-25(29)2)26-12-4-3-5-13-26/h3-6,8-14,16-17,20-24H,7,15,33H2,1-2H3/b11-10-,31-16-. The van der Waals surface area contributed by atoms with Gasteiger partial charge in [0.15, 0.2) is 0 Å². The van der Waals surface area contributed by atoms with Crippen molar-refractivity contribution in [1.82, 2.24) is 4.98 Å². The molecule has 2 heteroatoms. The molecule has 0 amide bonds. The largest absolute Gasteiger partial charge is 0.398 e. The third-order valence-electron chi connectivity index (χ3n) is 5.90. The number of nitrogens with zero attached hydrogens (tertiary/aromatic N) is 1. The number of aryl methyl sites for hydroxylation is 1. The number of aromatic nitrogens is 1. The summed E-state index contributed by atoms with van der Waals surface area (Å²) in [5, 5.41) is 0. The maximum atomic E-state index is 6.39. The van der Waals surface area contributed by atoms with E-state index in [0.29, 0.717) is 0 Å². The van der Waals surface area contributed by atoms with Crippen molar-refractivity contribution in [3.63, 3.8) is 0 Å². The van der Waals surface area contributed by atoms with Gasteiger partial charge < -0.3 is 5.73 Å². The van der Waals surface area contributed by atoms with Crippen molar-refractivity contribution in [2.24, 2.45) is 11.7 Å². The molecule has 1 unspecified atom stereocenters. The molecule has 2 N–H and O–H groups in total. The van der Waals surface area contributed by atoms with Crippen LogP contribution in [0.25, 0.3) is 22.4 Å². The quantitative estimate of drug-likeness (QED) is 0.331. The average molecular weight is 443 g/mol. The Morgan fingerprint density at radius 3 is 2.62 bits per heavy atom. The monoisotopic (exact) mass is 442 g/mol. The van der Waals surface area contributed by atoms with Crippen LogP contribution in [0.3, 0.4) is 0 Å². The first-order valence-corrected chi connectivity index (χ1v) is 11.7. The predicted octanol–water partition coefficient (Wildman–Crippen LogP) is 7.36. The minimum absolute atomic E-state index is 0.110. The molecule has 2 aromatic carbocycles. The zero-order valence-electron chi connectivity index (χ0n) is 19.8. The molecule has 0 bridgehead atoms. The van der Waals surface area contributed by atoms with E-state index < -0.39 is 0 Å². The first-order valence-electron chi connectivity index (χ1n) is 11.7. The molecule has 0 saturated heterocycles. The second-order valence-electron chi connectivity index (χ2n) is 8.51. The number of nitrogens with two attached hydrogens (primary N) is 1. The average Bonchev–Trinajstić information content (AvgIpc) is 2.88. The summed E-state index contributed by atoms with van der Waals surface area (Å²) in [7, 11) is 0. The smallest absolute Gasteiger partial charge is 0.0674 e. The van der Waals surface area contributed by atoms with Crippen LogP contribution in [0.4, 0.5) is 0 Å². The molecule has 2 nitrogen and oxygen atoms in total. The molecule has 0 fully saturated rings. The Kier molecular flexibility index (Phi) is 7.58. The Hall–Kier alpha value is -4.09. The first kappa shape index (κ1) is 23.1. The molecular weight excluding hydrogens is 412 g/mol. The Morgan fingerprint density at radius 1 is 1.03 bits per heavy atom. The fourth-order valence-corrected chi connectivity index (χ4v) is 4.04. The Bertz CT molecular complexity index is 1310. The minimum atomic E-state index is 0.110. The summed E-state index contributed by atoms with van der Waals surface area (Å²) < 4.78 is 0. The van der Waals surface area contributed by atoms with Gasteiger partial charge in [0.2, 0.25) is 0 Å². The van der Waals surface area contributed by atoms with Crippen molar-refractivity contribution in [3.8, 4) is 23.0 Å². The summed E-state index contributed by atoms with van der Waals surface area (Å²) in [6, 6.07) is 22.8. The molecule has 1 aliphatic rings. The number of hydrogen-bond donors (Lipinski definition) is 1. The van der Waals surface area contributed by atoms with E-state index in [9.17, 15) is 0 Å². The molecule has 4 rings (SSSR count). The zero-order chi connectivity index (χ0) is 23.8. The lowest BCUT2D eigenvalue weighted by Gasteiger charge is -2.11. The molecule has 3 aromatic rings. The van der Waals surface area contributed by atoms with Crippen molar-refractivity contribution in [2.45, 2.75) is 26.7 Å². The molecule has 1 heterocycles. The number of pyridine rings is 1. The molecule has 0 spiro atoms. The molecule has 0 radical (unpaired) electrons. The fraction of sp³-hybridized carbons (Fsp3) is 0.156. The van der Waals surface area contributed by atoms with Crippen LogP contribution in [0.1, 0.15) is 36.6 Å². The van der Waals surface area contributed by atoms with Gasteiger partial charge in [0.1, 0.15) is 0 Å². The summed E-state index contributed by atoms with van der Waals surface area (Å²) in [4.78, 5) is 4.51. The third-order valence-corrected chi connectivity index (χ3v) is 5.90. The summed E-state index contributed by atoms with van der Waals surface area (Å²) in [6.07, 6.45) is 14.2. The second-order valence-corrected chi connectivity index (χ2v) is 8.51. The third kappa shape index (κ3) is 5.82. The highest BCUT2D eigenvalue weighted by Gasteiger charge is 2.10. The number of rotatable bonds is 5. The lowest BCUT2D eigenvalue weighted by atomic mass is 9.94. The summed E-state index contributed by atoms with van der Waals surface area (Å²) >= 11 is 0. The summed E-state index contributed by atoms with van der Waals surface area (Å²) in [5.74, 6) is 6.84. The van der Waals surface area contributed by atoms with Gasteiger partial charge in [-0.3, -0.25) is 4.98 Å². The minimum Gasteiger partial charge on any atom is -0.398 e. The summed E-state index contributed by atoms with van der Waals surface area (Å²) in [5.41, 5.74) is 15.1. The zero-order valence-corrected chi connectivity index (χ0v) is 19.8. The van der Waals surface area contributed by atoms with Crippen LogP contribution in [0.15, 0.2) is 109 Å². The van der Waals surface area contributed by atoms with E-state index in [1.54, 1.807) is 0 Å². The van der Waals surface area contributed by atoms with Crippen LogP contribution in [-0.2, 0) is 0 Å². The Labute approximate surface area is 203 Å². The second kappa shape index (κ2) is 11.2. The molecule has 0 aliphatic heterocycles. The topological polar surface area (TPSA) is 38.9 Å². The lowest BCUT2D eigenvalue weighted by molar-refractivity contribution is 0.979. The first-order chi connectivity index (χ1) is 16.6. The molecule has 1 atom stereocenters. The summed E-state index contributed by atoms with van der Waals surface area (Å²) in [6.45, 7) is 4.20. The van der Waals surface area contributed by atoms with Crippen molar-refractivity contribution >= 4 is 11.3 Å². The Balaban J connectivity index is 1.46. The highest BCUT2D eigenvalue weighted by Crippen LogP contribution is 2.27. The van der Waals surface area contributed by atoms with Gasteiger partial charge in [-0.05, 0) is 67.2 Å². The molecular formula is C32H30N2. The molecule has 0 saturated carbocycles. The van der Waals surface area contributed by atoms with Gasteiger partial charge >= 0.3 is 0 Å². The number of allylic oxidation sites excluding steroid dienone is 7. The van der Waals surface area contributed by atoms with Gasteiger partial charge in [-0.1, -0.05) is 90.7 Å². The van der Waals surface area contributed by atoms with E-state index in [1.807, 2.05) is 36.5 Å². The van der Waals surface area contributed by atoms with Gasteiger partial charge in [0.25, 0.3) is 0 Å². The number of hydrogen-bond acceptors (Lipinski definition) is 2. The van der Waals surface area contributed by atoms with Crippen LogP contribution in [-0.4, -0.2) is 4.98 Å². The van der Waals surface area contributed by atoms with Gasteiger partial charge in [0, 0.05) is 28.9 Å². The van der Waals surface area contributed by atoms with Crippen LogP contribution in [0.2, 0.25) is 0 Å². The highest BCUT2D eigenvalue weighted by molar-refractivity contribution is 5.75. The van der Waals surface area contributed by atoms with Crippen molar-refractivity contribution < 1.29 is 0 Å². The molecule has 168 valence electrons. The van der Waals surface area contributed by atoms with Crippen molar-refractivity contribution in [3.05, 3.63) is 126 Å². The van der Waals surface area contributed by atoms with E-state index >= 15 is 0 Å². The maximum absolute atomic E-state index is 6.39. The van der Waals surface area contributed by atoms with E-state index in [2.05, 4.69) is 97.4 Å². The van der Waals surface area contributed by atoms with Gasteiger partial charge in [0.05, 0.1) is 5.69 Å². The highest BCUT2D eigenvalue weighted by atomic mass is 14.7. The van der Waals surface area contributed by atoms with Crippen LogP contribution < -0.4 is 5.73 Å². The van der Waals surface area contributed by atoms with Crippen LogP contribution in [0, 0.1) is 24.7 Å². The SMILES string of the molecule is Cc1cc(-c2ccccc2)ccc1/C(N)=C/C=C\C(C)C#CC1=C(c2ccccn2)CCC=C1. The van der Waals surface area contributed by atoms with E-state index in [1.165, 1.54) is 16.7 Å². The van der Waals surface area contributed by atoms with Gasteiger partial charge in [-0.2, -0.15) is 0 Å². The maximum Gasteiger partial charge on any atom is 0.0674 e. The molecule has 1 aliphatic carbocycles. The van der Waals surface area contributed by atoms with E-state index in [0.717, 1.165) is 40.9 Å². The Morgan fingerprint density at radius 2 is 1.85 bits per heavy atom.